The number of hydrogen-bond donors (Lipinski definition) is 0. The molecule has 0 radical (unpaired) electrons. The average molecular weight is 448 g/mol. The van der Waals surface area contributed by atoms with E-state index in [1.165, 1.54) is 11.1 Å². The normalized spacial score (nSPS) is 24.2. The minimum Gasteiger partial charge on any atom is -0.338 e. The summed E-state index contributed by atoms with van der Waals surface area (Å²) < 4.78 is 56.0. The molecule has 2 aromatic rings. The fourth-order valence-electron chi connectivity index (χ4n) is 3.94. The van der Waals surface area contributed by atoms with Crippen molar-refractivity contribution in [1.29, 1.82) is 0 Å². The number of fused-ring (bicyclic) bond motifs is 1. The van der Waals surface area contributed by atoms with Crippen LogP contribution in [0.4, 0.5) is 17.6 Å². The van der Waals surface area contributed by atoms with Crippen molar-refractivity contribution in [2.45, 2.75) is 44.2 Å². The Morgan fingerprint density at radius 2 is 2.07 bits per heavy atom. The molecule has 12 heteroatoms. The summed E-state index contributed by atoms with van der Waals surface area (Å²) in [5.41, 5.74) is -0.260. The first-order chi connectivity index (χ1) is 14.1. The number of nitrogens with zero attached hydrogens (tertiary/aromatic N) is 5. The molecule has 0 spiro atoms. The first-order valence-corrected chi connectivity index (χ1v) is 9.79. The number of carbonyl (C=O) groups is 1. The van der Waals surface area contributed by atoms with Crippen LogP contribution in [0, 0.1) is 5.92 Å². The number of rotatable bonds is 3. The van der Waals surface area contributed by atoms with Crippen LogP contribution in [0.5, 0.6) is 0 Å². The molecule has 2 aliphatic heterocycles. The third-order valence-electron chi connectivity index (χ3n) is 5.48. The molecule has 2 aliphatic rings. The minimum absolute atomic E-state index is 0.0795. The first-order valence-electron chi connectivity index (χ1n) is 9.41. The fraction of sp³-hybridized carbons (Fsp3) is 0.556. The number of halogens is 5. The Labute approximate surface area is 173 Å². The number of carbonyl (C=O) groups excluding carboxylic acids is 1. The second-order valence-corrected chi connectivity index (χ2v) is 8.00. The Bertz CT molecular complexity index is 1000. The van der Waals surface area contributed by atoms with E-state index in [-0.39, 0.29) is 31.9 Å². The quantitative estimate of drug-likeness (QED) is 0.677. The molecule has 3 atom stereocenters. The van der Waals surface area contributed by atoms with E-state index in [0.717, 1.165) is 9.25 Å². The zero-order valence-corrected chi connectivity index (χ0v) is 16.4. The Hall–Kier alpha value is -2.43. The van der Waals surface area contributed by atoms with E-state index >= 15 is 0 Å². The van der Waals surface area contributed by atoms with Crippen molar-refractivity contribution in [3.63, 3.8) is 0 Å². The molecule has 1 amide bonds. The van der Waals surface area contributed by atoms with E-state index in [4.69, 9.17) is 11.6 Å². The van der Waals surface area contributed by atoms with E-state index in [1.807, 2.05) is 0 Å². The van der Waals surface area contributed by atoms with E-state index < -0.39 is 48.7 Å². The molecule has 7 nitrogen and oxygen atoms in total. The Kier molecular flexibility index (Phi) is 5.33. The van der Waals surface area contributed by atoms with Gasteiger partial charge in [-0.25, -0.2) is 13.9 Å². The van der Waals surface area contributed by atoms with Gasteiger partial charge in [-0.15, -0.1) is 0 Å². The Morgan fingerprint density at radius 3 is 2.67 bits per heavy atom. The molecule has 0 saturated carbocycles. The summed E-state index contributed by atoms with van der Waals surface area (Å²) in [6.45, 7) is -0.150. The number of amides is 1. The van der Waals surface area contributed by atoms with Crippen molar-refractivity contribution >= 4 is 17.5 Å². The van der Waals surface area contributed by atoms with Crippen molar-refractivity contribution in [3.8, 4) is 0 Å². The molecule has 1 fully saturated rings. The number of hydrogen-bond acceptors (Lipinski definition) is 4. The molecule has 1 saturated heterocycles. The maximum atomic E-state index is 13.5. The minimum atomic E-state index is -4.55. The summed E-state index contributed by atoms with van der Waals surface area (Å²) >= 11 is 5.79. The zero-order chi connectivity index (χ0) is 21.6. The molecular weight excluding hydrogens is 430 g/mol. The summed E-state index contributed by atoms with van der Waals surface area (Å²) in [4.78, 5) is 31.1. The third kappa shape index (κ3) is 3.94. The summed E-state index contributed by atoms with van der Waals surface area (Å²) in [6, 6.07) is 1.77. The molecule has 0 bridgehead atoms. The lowest BCUT2D eigenvalue weighted by Crippen LogP contribution is -2.45. The van der Waals surface area contributed by atoms with Crippen LogP contribution in [0.2, 0.25) is 5.02 Å². The lowest BCUT2D eigenvalue weighted by Gasteiger charge is -2.32. The Balaban J connectivity index is 1.70. The fourth-order valence-corrected chi connectivity index (χ4v) is 4.05. The van der Waals surface area contributed by atoms with Gasteiger partial charge in [0, 0.05) is 19.2 Å². The molecule has 4 heterocycles. The second kappa shape index (κ2) is 7.68. The molecule has 2 unspecified atom stereocenters. The van der Waals surface area contributed by atoms with E-state index in [0.29, 0.717) is 10.7 Å². The molecule has 0 aliphatic carbocycles. The van der Waals surface area contributed by atoms with Gasteiger partial charge in [-0.05, 0) is 25.0 Å². The molecular formula is C18H18ClF4N5O2. The predicted molar refractivity (Wildman–Crippen MR) is 97.8 cm³/mol. The topological polar surface area (TPSA) is 73.0 Å². The number of pyridine rings is 1. The van der Waals surface area contributed by atoms with Gasteiger partial charge in [0.15, 0.2) is 0 Å². The highest BCUT2D eigenvalue weighted by molar-refractivity contribution is 6.30. The maximum Gasteiger partial charge on any atom is 0.392 e. The summed E-state index contributed by atoms with van der Waals surface area (Å²) in [7, 11) is 0. The first kappa shape index (κ1) is 20.8. The third-order valence-corrected chi connectivity index (χ3v) is 5.70. The van der Waals surface area contributed by atoms with Crippen molar-refractivity contribution in [1.82, 2.24) is 24.2 Å². The summed E-state index contributed by atoms with van der Waals surface area (Å²) in [6.07, 6.45) is -5.33. The van der Waals surface area contributed by atoms with Crippen LogP contribution in [0.15, 0.2) is 23.1 Å². The number of likely N-dealkylation sites (tertiary alicyclic amines) is 1. The van der Waals surface area contributed by atoms with Crippen molar-refractivity contribution in [2.24, 2.45) is 5.92 Å². The largest absolute Gasteiger partial charge is 0.392 e. The average Bonchev–Trinajstić information content (AvgIpc) is 3.25. The lowest BCUT2D eigenvalue weighted by molar-refractivity contribution is -0.183. The molecule has 2 aromatic heterocycles. The van der Waals surface area contributed by atoms with Crippen LogP contribution >= 0.6 is 11.6 Å². The van der Waals surface area contributed by atoms with Gasteiger partial charge in [0.05, 0.1) is 29.7 Å². The molecule has 0 aromatic carbocycles. The summed E-state index contributed by atoms with van der Waals surface area (Å²) in [5.74, 6) is -2.61. The van der Waals surface area contributed by atoms with Crippen molar-refractivity contribution in [2.75, 3.05) is 13.1 Å². The highest BCUT2D eigenvalue weighted by atomic mass is 35.5. The van der Waals surface area contributed by atoms with E-state index in [1.54, 1.807) is 12.1 Å². The maximum absolute atomic E-state index is 13.5. The van der Waals surface area contributed by atoms with Gasteiger partial charge >= 0.3 is 11.9 Å². The van der Waals surface area contributed by atoms with Crippen LogP contribution in [0.25, 0.3) is 0 Å². The van der Waals surface area contributed by atoms with Gasteiger partial charge in [0.1, 0.15) is 18.0 Å². The Morgan fingerprint density at radius 1 is 1.30 bits per heavy atom. The molecule has 162 valence electrons. The van der Waals surface area contributed by atoms with Crippen LogP contribution in [0.1, 0.15) is 30.4 Å². The molecule has 30 heavy (non-hydrogen) atoms. The molecule has 4 rings (SSSR count). The van der Waals surface area contributed by atoms with Gasteiger partial charge in [-0.3, -0.25) is 14.3 Å². The summed E-state index contributed by atoms with van der Waals surface area (Å²) in [5, 5.41) is 4.45. The lowest BCUT2D eigenvalue weighted by atomic mass is 9.91. The van der Waals surface area contributed by atoms with Gasteiger partial charge in [-0.1, -0.05) is 11.6 Å². The zero-order valence-electron chi connectivity index (χ0n) is 15.6. The second-order valence-electron chi connectivity index (χ2n) is 7.56. The molecule has 0 N–H and O–H groups in total. The van der Waals surface area contributed by atoms with Gasteiger partial charge in [0.2, 0.25) is 5.91 Å². The SMILES string of the molecule is O=C(C1CC(C(F)(F)F)Cc2nn(Cc3ccc(Cl)cn3)c(=O)n21)N1CC[C@H](F)C1. The van der Waals surface area contributed by atoms with Crippen molar-refractivity contribution < 1.29 is 22.4 Å². The number of alkyl halides is 4. The highest BCUT2D eigenvalue weighted by Crippen LogP contribution is 2.39. The van der Waals surface area contributed by atoms with Crippen LogP contribution < -0.4 is 5.69 Å². The van der Waals surface area contributed by atoms with E-state index in [9.17, 15) is 27.2 Å². The smallest absolute Gasteiger partial charge is 0.338 e. The predicted octanol–water partition coefficient (Wildman–Crippen LogP) is 2.38. The van der Waals surface area contributed by atoms with Gasteiger partial charge < -0.3 is 4.90 Å². The standard InChI is InChI=1S/C18H18ClF4N5O2/c19-11-1-2-13(24-7-11)9-27-17(30)28-14(16(29)26-4-3-12(20)8-26)5-10(18(21,22)23)6-15(28)25-27/h1-2,7,10,12,14H,3-6,8-9H2/t10?,12-,14?/m0/s1. The van der Waals surface area contributed by atoms with Crippen LogP contribution in [-0.2, 0) is 17.8 Å². The highest BCUT2D eigenvalue weighted by Gasteiger charge is 2.48. The van der Waals surface area contributed by atoms with Crippen LogP contribution in [0.3, 0.4) is 0 Å². The monoisotopic (exact) mass is 447 g/mol. The van der Waals surface area contributed by atoms with Crippen LogP contribution in [-0.4, -0.2) is 55.6 Å². The van der Waals surface area contributed by atoms with Crippen molar-refractivity contribution in [3.05, 3.63) is 45.4 Å². The van der Waals surface area contributed by atoms with Gasteiger partial charge in [0.25, 0.3) is 0 Å². The number of aromatic nitrogens is 4. The van der Waals surface area contributed by atoms with E-state index in [2.05, 4.69) is 10.1 Å². The van der Waals surface area contributed by atoms with Gasteiger partial charge in [-0.2, -0.15) is 18.3 Å².